The summed E-state index contributed by atoms with van der Waals surface area (Å²) >= 11 is 0. The standard InChI is InChI=1S/C19H19NO4/c1-3-23-19(22)13-4-7-16(8-5-13)20-18(21)14-6-9-17-15(11-14)10-12(2)24-17/h4-9,11-12H,3,10H2,1-2H3,(H,20,21)/t12-/m0/s1. The van der Waals surface area contributed by atoms with Crippen LogP contribution >= 0.6 is 0 Å². The molecule has 3 rings (SSSR count). The summed E-state index contributed by atoms with van der Waals surface area (Å²) in [7, 11) is 0. The summed E-state index contributed by atoms with van der Waals surface area (Å²) in [6, 6.07) is 12.1. The summed E-state index contributed by atoms with van der Waals surface area (Å²) in [5, 5.41) is 2.83. The Morgan fingerprint density at radius 1 is 1.17 bits per heavy atom. The van der Waals surface area contributed by atoms with Crippen molar-refractivity contribution in [1.29, 1.82) is 0 Å². The number of ether oxygens (including phenoxy) is 2. The highest BCUT2D eigenvalue weighted by atomic mass is 16.5. The topological polar surface area (TPSA) is 64.6 Å². The number of nitrogens with one attached hydrogen (secondary N) is 1. The molecular weight excluding hydrogens is 306 g/mol. The van der Waals surface area contributed by atoms with Gasteiger partial charge in [-0.3, -0.25) is 4.79 Å². The zero-order valence-electron chi connectivity index (χ0n) is 13.7. The van der Waals surface area contributed by atoms with Crippen molar-refractivity contribution >= 4 is 17.6 Å². The molecule has 0 saturated heterocycles. The zero-order valence-corrected chi connectivity index (χ0v) is 13.7. The number of esters is 1. The van der Waals surface area contributed by atoms with Crippen molar-refractivity contribution in [2.75, 3.05) is 11.9 Å². The average molecular weight is 325 g/mol. The Morgan fingerprint density at radius 3 is 2.58 bits per heavy atom. The largest absolute Gasteiger partial charge is 0.490 e. The average Bonchev–Trinajstić information content (AvgIpc) is 2.94. The molecule has 0 radical (unpaired) electrons. The Morgan fingerprint density at radius 2 is 1.88 bits per heavy atom. The predicted molar refractivity (Wildman–Crippen MR) is 90.6 cm³/mol. The molecule has 2 aromatic rings. The van der Waals surface area contributed by atoms with E-state index in [4.69, 9.17) is 9.47 Å². The Hall–Kier alpha value is -2.82. The molecular formula is C19H19NO4. The molecule has 0 aromatic heterocycles. The molecule has 24 heavy (non-hydrogen) atoms. The third-order valence-corrected chi connectivity index (χ3v) is 3.81. The van der Waals surface area contributed by atoms with Crippen LogP contribution < -0.4 is 10.1 Å². The van der Waals surface area contributed by atoms with Crippen LogP contribution in [-0.4, -0.2) is 24.6 Å². The second-order valence-electron chi connectivity index (χ2n) is 5.71. The first kappa shape index (κ1) is 16.1. The number of carbonyl (C=O) groups is 2. The van der Waals surface area contributed by atoms with Gasteiger partial charge in [-0.05, 0) is 61.9 Å². The van der Waals surface area contributed by atoms with E-state index >= 15 is 0 Å². The van der Waals surface area contributed by atoms with E-state index in [2.05, 4.69) is 5.32 Å². The van der Waals surface area contributed by atoms with Crippen molar-refractivity contribution < 1.29 is 19.1 Å². The van der Waals surface area contributed by atoms with Gasteiger partial charge in [0.1, 0.15) is 11.9 Å². The van der Waals surface area contributed by atoms with Crippen LogP contribution in [0.15, 0.2) is 42.5 Å². The fourth-order valence-electron chi connectivity index (χ4n) is 2.67. The minimum atomic E-state index is -0.372. The van der Waals surface area contributed by atoms with Gasteiger partial charge in [-0.2, -0.15) is 0 Å². The molecule has 1 amide bonds. The minimum absolute atomic E-state index is 0.147. The SMILES string of the molecule is CCOC(=O)c1ccc(NC(=O)c2ccc3c(c2)C[C@H](C)O3)cc1. The third-order valence-electron chi connectivity index (χ3n) is 3.81. The summed E-state index contributed by atoms with van der Waals surface area (Å²) in [6.07, 6.45) is 0.957. The van der Waals surface area contributed by atoms with Crippen LogP contribution in [0, 0.1) is 0 Å². The Bertz CT molecular complexity index is 767. The van der Waals surface area contributed by atoms with E-state index in [-0.39, 0.29) is 18.0 Å². The number of benzene rings is 2. The fraction of sp³-hybridized carbons (Fsp3) is 0.263. The van der Waals surface area contributed by atoms with Gasteiger partial charge in [0, 0.05) is 17.7 Å². The zero-order chi connectivity index (χ0) is 17.1. The number of carbonyl (C=O) groups excluding carboxylic acids is 2. The predicted octanol–water partition coefficient (Wildman–Crippen LogP) is 3.44. The molecule has 1 aliphatic rings. The number of hydrogen-bond acceptors (Lipinski definition) is 4. The molecule has 0 saturated carbocycles. The lowest BCUT2D eigenvalue weighted by molar-refractivity contribution is 0.0526. The summed E-state index contributed by atoms with van der Waals surface area (Å²) in [5.74, 6) is 0.280. The number of hydrogen-bond donors (Lipinski definition) is 1. The van der Waals surface area contributed by atoms with Crippen molar-refractivity contribution in [3.05, 3.63) is 59.2 Å². The van der Waals surface area contributed by atoms with Gasteiger partial charge in [-0.15, -0.1) is 0 Å². The van der Waals surface area contributed by atoms with Crippen LogP contribution in [0.1, 0.15) is 40.1 Å². The molecule has 1 aliphatic heterocycles. The smallest absolute Gasteiger partial charge is 0.338 e. The first-order valence-corrected chi connectivity index (χ1v) is 7.95. The molecule has 2 aromatic carbocycles. The number of rotatable bonds is 4. The van der Waals surface area contributed by atoms with E-state index in [9.17, 15) is 9.59 Å². The number of fused-ring (bicyclic) bond motifs is 1. The highest BCUT2D eigenvalue weighted by molar-refractivity contribution is 6.04. The maximum absolute atomic E-state index is 12.4. The van der Waals surface area contributed by atoms with Gasteiger partial charge in [0.05, 0.1) is 12.2 Å². The van der Waals surface area contributed by atoms with Crippen LogP contribution in [0.4, 0.5) is 5.69 Å². The molecule has 0 unspecified atom stereocenters. The molecule has 0 fully saturated rings. The maximum Gasteiger partial charge on any atom is 0.338 e. The Labute approximate surface area is 140 Å². The minimum Gasteiger partial charge on any atom is -0.490 e. The van der Waals surface area contributed by atoms with E-state index in [1.54, 1.807) is 37.3 Å². The molecule has 5 nitrogen and oxygen atoms in total. The van der Waals surface area contributed by atoms with Gasteiger partial charge >= 0.3 is 5.97 Å². The highest BCUT2D eigenvalue weighted by Gasteiger charge is 2.20. The maximum atomic E-state index is 12.4. The van der Waals surface area contributed by atoms with E-state index in [1.807, 2.05) is 19.1 Å². The van der Waals surface area contributed by atoms with Crippen LogP contribution in [0.3, 0.4) is 0 Å². The van der Waals surface area contributed by atoms with Crippen molar-refractivity contribution in [3.8, 4) is 5.75 Å². The van der Waals surface area contributed by atoms with E-state index in [1.165, 1.54) is 0 Å². The van der Waals surface area contributed by atoms with Gasteiger partial charge in [0.15, 0.2) is 0 Å². The summed E-state index contributed by atoms with van der Waals surface area (Å²) in [5.41, 5.74) is 2.71. The first-order chi connectivity index (χ1) is 11.6. The Kier molecular flexibility index (Phi) is 4.51. The Balaban J connectivity index is 1.69. The van der Waals surface area contributed by atoms with Crippen LogP contribution in [-0.2, 0) is 11.2 Å². The van der Waals surface area contributed by atoms with Crippen molar-refractivity contribution in [2.24, 2.45) is 0 Å². The molecule has 5 heteroatoms. The molecule has 0 bridgehead atoms. The molecule has 1 atom stereocenters. The summed E-state index contributed by atoms with van der Waals surface area (Å²) in [4.78, 5) is 24.0. The highest BCUT2D eigenvalue weighted by Crippen LogP contribution is 2.29. The van der Waals surface area contributed by atoms with Gasteiger partial charge in [-0.25, -0.2) is 4.79 Å². The van der Waals surface area contributed by atoms with Crippen molar-refractivity contribution in [3.63, 3.8) is 0 Å². The summed E-state index contributed by atoms with van der Waals surface area (Å²) < 4.78 is 10.6. The second kappa shape index (κ2) is 6.74. The molecule has 124 valence electrons. The second-order valence-corrected chi connectivity index (χ2v) is 5.71. The number of anilines is 1. The van der Waals surface area contributed by atoms with Gasteiger partial charge in [-0.1, -0.05) is 0 Å². The van der Waals surface area contributed by atoms with Gasteiger partial charge < -0.3 is 14.8 Å². The molecule has 1 N–H and O–H groups in total. The summed E-state index contributed by atoms with van der Waals surface area (Å²) in [6.45, 7) is 4.09. The van der Waals surface area contributed by atoms with Crippen molar-refractivity contribution in [1.82, 2.24) is 0 Å². The monoisotopic (exact) mass is 325 g/mol. The molecule has 0 spiro atoms. The lowest BCUT2D eigenvalue weighted by Crippen LogP contribution is -2.12. The third kappa shape index (κ3) is 3.40. The van der Waals surface area contributed by atoms with Crippen LogP contribution in [0.25, 0.3) is 0 Å². The normalized spacial score (nSPS) is 15.3. The quantitative estimate of drug-likeness (QED) is 0.875. The molecule has 1 heterocycles. The first-order valence-electron chi connectivity index (χ1n) is 7.95. The van der Waals surface area contributed by atoms with E-state index < -0.39 is 0 Å². The molecule has 0 aliphatic carbocycles. The van der Waals surface area contributed by atoms with Gasteiger partial charge in [0.25, 0.3) is 5.91 Å². The fourth-order valence-corrected chi connectivity index (χ4v) is 2.67. The van der Waals surface area contributed by atoms with Crippen molar-refractivity contribution in [2.45, 2.75) is 26.4 Å². The lowest BCUT2D eigenvalue weighted by Gasteiger charge is -2.07. The van der Waals surface area contributed by atoms with Crippen LogP contribution in [0.5, 0.6) is 5.75 Å². The van der Waals surface area contributed by atoms with E-state index in [0.717, 1.165) is 17.7 Å². The van der Waals surface area contributed by atoms with Gasteiger partial charge in [0.2, 0.25) is 0 Å². The van der Waals surface area contributed by atoms with Crippen LogP contribution in [0.2, 0.25) is 0 Å². The van der Waals surface area contributed by atoms with E-state index in [0.29, 0.717) is 23.4 Å². The number of amides is 1. The lowest BCUT2D eigenvalue weighted by atomic mass is 10.1.